The van der Waals surface area contributed by atoms with Gasteiger partial charge in [0.15, 0.2) is 0 Å². The van der Waals surface area contributed by atoms with Crippen LogP contribution in [0.5, 0.6) is 0 Å². The van der Waals surface area contributed by atoms with Crippen molar-refractivity contribution in [1.29, 1.82) is 0 Å². The average molecular weight is 280 g/mol. The molecule has 1 N–H and O–H groups in total. The van der Waals surface area contributed by atoms with E-state index in [9.17, 15) is 0 Å². The zero-order chi connectivity index (χ0) is 15.3. The molecule has 0 saturated carbocycles. The molecule has 1 heterocycles. The number of hydrogen-bond donors (Lipinski definition) is 1. The molecule has 3 heteroatoms. The van der Waals surface area contributed by atoms with Crippen molar-refractivity contribution >= 4 is 0 Å². The minimum atomic E-state index is 0.120. The molecular weight excluding hydrogens is 248 g/mol. The Bertz CT molecular complexity index is 402. The van der Waals surface area contributed by atoms with Crippen molar-refractivity contribution in [1.82, 2.24) is 10.2 Å². The zero-order valence-corrected chi connectivity index (χ0v) is 14.3. The Hall–Kier alpha value is -0.800. The second-order valence-electron chi connectivity index (χ2n) is 7.32. The fraction of sp³-hybridized carbons (Fsp3) is 0.765. The predicted octanol–water partition coefficient (Wildman–Crippen LogP) is 3.95. The first-order valence-electron chi connectivity index (χ1n) is 7.69. The second-order valence-corrected chi connectivity index (χ2v) is 7.32. The Morgan fingerprint density at radius 3 is 2.50 bits per heavy atom. The van der Waals surface area contributed by atoms with Gasteiger partial charge >= 0.3 is 0 Å². The van der Waals surface area contributed by atoms with Gasteiger partial charge in [0.1, 0.15) is 11.5 Å². The molecule has 1 rings (SSSR count). The summed E-state index contributed by atoms with van der Waals surface area (Å²) < 4.78 is 5.85. The fourth-order valence-electron chi connectivity index (χ4n) is 2.03. The van der Waals surface area contributed by atoms with Gasteiger partial charge in [-0.1, -0.05) is 13.8 Å². The lowest BCUT2D eigenvalue weighted by Crippen LogP contribution is -2.34. The van der Waals surface area contributed by atoms with Gasteiger partial charge in [-0.15, -0.1) is 0 Å². The van der Waals surface area contributed by atoms with Crippen molar-refractivity contribution in [2.24, 2.45) is 5.92 Å². The molecule has 0 atom stereocenters. The molecule has 1 aromatic heterocycles. The largest absolute Gasteiger partial charge is 0.465 e. The van der Waals surface area contributed by atoms with E-state index in [2.05, 4.69) is 64.9 Å². The Morgan fingerprint density at radius 1 is 1.30 bits per heavy atom. The van der Waals surface area contributed by atoms with Gasteiger partial charge in [0.05, 0.1) is 6.54 Å². The minimum absolute atomic E-state index is 0.120. The maximum atomic E-state index is 5.85. The first-order chi connectivity index (χ1) is 9.17. The van der Waals surface area contributed by atoms with Crippen LogP contribution in [0.15, 0.2) is 10.5 Å². The Kier molecular flexibility index (Phi) is 6.28. The van der Waals surface area contributed by atoms with Crippen molar-refractivity contribution in [2.75, 3.05) is 13.6 Å². The van der Waals surface area contributed by atoms with Crippen LogP contribution < -0.4 is 5.32 Å². The summed E-state index contributed by atoms with van der Waals surface area (Å²) in [6.45, 7) is 16.0. The van der Waals surface area contributed by atoms with Gasteiger partial charge in [0.25, 0.3) is 0 Å². The van der Waals surface area contributed by atoms with E-state index in [1.165, 1.54) is 12.0 Å². The Labute approximate surface area is 124 Å². The van der Waals surface area contributed by atoms with Crippen LogP contribution in [0.2, 0.25) is 0 Å². The molecule has 1 aromatic rings. The molecule has 0 aliphatic rings. The lowest BCUT2D eigenvalue weighted by atomic mass is 10.1. The normalized spacial score (nSPS) is 12.7. The molecule has 0 aromatic carbocycles. The van der Waals surface area contributed by atoms with E-state index in [0.29, 0.717) is 0 Å². The van der Waals surface area contributed by atoms with Crippen molar-refractivity contribution in [3.05, 3.63) is 23.2 Å². The summed E-state index contributed by atoms with van der Waals surface area (Å²) in [7, 11) is 2.18. The lowest BCUT2D eigenvalue weighted by molar-refractivity contribution is 0.301. The van der Waals surface area contributed by atoms with Crippen LogP contribution in [0.25, 0.3) is 0 Å². The van der Waals surface area contributed by atoms with E-state index in [4.69, 9.17) is 4.42 Å². The summed E-state index contributed by atoms with van der Waals surface area (Å²) in [4.78, 5) is 2.37. The van der Waals surface area contributed by atoms with Crippen LogP contribution >= 0.6 is 0 Å². The highest BCUT2D eigenvalue weighted by atomic mass is 16.3. The van der Waals surface area contributed by atoms with Crippen LogP contribution in [0.3, 0.4) is 0 Å². The molecule has 0 aliphatic carbocycles. The SMILES string of the molecule is Cc1oc(CNC(C)(C)C)cc1CN(C)CCC(C)C. The van der Waals surface area contributed by atoms with Gasteiger partial charge in [-0.25, -0.2) is 0 Å². The molecule has 0 saturated heterocycles. The van der Waals surface area contributed by atoms with Gasteiger partial charge in [-0.2, -0.15) is 0 Å². The van der Waals surface area contributed by atoms with Crippen LogP contribution in [0, 0.1) is 12.8 Å². The number of aryl methyl sites for hydroxylation is 1. The summed E-state index contributed by atoms with van der Waals surface area (Å²) in [6.07, 6.45) is 1.24. The van der Waals surface area contributed by atoms with Crippen LogP contribution in [0.1, 0.15) is 58.1 Å². The van der Waals surface area contributed by atoms with E-state index in [1.54, 1.807) is 0 Å². The highest BCUT2D eigenvalue weighted by molar-refractivity contribution is 5.20. The number of nitrogens with zero attached hydrogens (tertiary/aromatic N) is 1. The van der Waals surface area contributed by atoms with Gasteiger partial charge in [0, 0.05) is 17.6 Å². The smallest absolute Gasteiger partial charge is 0.118 e. The van der Waals surface area contributed by atoms with Gasteiger partial charge in [-0.05, 0) is 59.7 Å². The summed E-state index contributed by atoms with van der Waals surface area (Å²) in [6, 6.07) is 2.19. The van der Waals surface area contributed by atoms with Crippen molar-refractivity contribution in [2.45, 2.75) is 66.6 Å². The topological polar surface area (TPSA) is 28.4 Å². The quantitative estimate of drug-likeness (QED) is 0.819. The van der Waals surface area contributed by atoms with Crippen LogP contribution in [-0.2, 0) is 13.1 Å². The first-order valence-corrected chi connectivity index (χ1v) is 7.69. The van der Waals surface area contributed by atoms with Crippen molar-refractivity contribution in [3.8, 4) is 0 Å². The van der Waals surface area contributed by atoms with E-state index < -0.39 is 0 Å². The fourth-order valence-corrected chi connectivity index (χ4v) is 2.03. The van der Waals surface area contributed by atoms with E-state index >= 15 is 0 Å². The molecule has 0 spiro atoms. The van der Waals surface area contributed by atoms with Crippen LogP contribution in [-0.4, -0.2) is 24.0 Å². The number of nitrogens with one attached hydrogen (secondary N) is 1. The van der Waals surface area contributed by atoms with E-state index in [0.717, 1.165) is 37.1 Å². The Morgan fingerprint density at radius 2 is 1.95 bits per heavy atom. The number of hydrogen-bond acceptors (Lipinski definition) is 3. The standard InChI is InChI=1S/C17H32N2O/c1-13(2)8-9-19(7)12-15-10-16(20-14(15)3)11-18-17(4,5)6/h10,13,18H,8-9,11-12H2,1-7H3. The summed E-state index contributed by atoms with van der Waals surface area (Å²) >= 11 is 0. The zero-order valence-electron chi connectivity index (χ0n) is 14.3. The third-order valence-electron chi connectivity index (χ3n) is 3.39. The minimum Gasteiger partial charge on any atom is -0.465 e. The monoisotopic (exact) mass is 280 g/mol. The number of rotatable bonds is 7. The van der Waals surface area contributed by atoms with Crippen molar-refractivity contribution in [3.63, 3.8) is 0 Å². The molecule has 0 fully saturated rings. The average Bonchev–Trinajstić information content (AvgIpc) is 2.64. The summed E-state index contributed by atoms with van der Waals surface area (Å²) in [5.74, 6) is 2.84. The lowest BCUT2D eigenvalue weighted by Gasteiger charge is -2.19. The second kappa shape index (κ2) is 7.28. The molecule has 0 amide bonds. The highest BCUT2D eigenvalue weighted by Gasteiger charge is 2.13. The molecule has 0 radical (unpaired) electrons. The third kappa shape index (κ3) is 6.58. The predicted molar refractivity (Wildman–Crippen MR) is 85.8 cm³/mol. The van der Waals surface area contributed by atoms with E-state index in [-0.39, 0.29) is 5.54 Å². The maximum absolute atomic E-state index is 5.85. The highest BCUT2D eigenvalue weighted by Crippen LogP contribution is 2.17. The molecule has 3 nitrogen and oxygen atoms in total. The first kappa shape index (κ1) is 17.3. The molecular formula is C17H32N2O. The van der Waals surface area contributed by atoms with Gasteiger partial charge < -0.3 is 14.6 Å². The molecule has 20 heavy (non-hydrogen) atoms. The molecule has 0 bridgehead atoms. The third-order valence-corrected chi connectivity index (χ3v) is 3.39. The van der Waals surface area contributed by atoms with Gasteiger partial charge in [-0.3, -0.25) is 0 Å². The Balaban J connectivity index is 2.52. The van der Waals surface area contributed by atoms with Crippen molar-refractivity contribution < 1.29 is 4.42 Å². The molecule has 0 unspecified atom stereocenters. The number of furan rings is 1. The van der Waals surface area contributed by atoms with E-state index in [1.807, 2.05) is 0 Å². The molecule has 0 aliphatic heterocycles. The maximum Gasteiger partial charge on any atom is 0.118 e. The molecule has 116 valence electrons. The van der Waals surface area contributed by atoms with Gasteiger partial charge in [0.2, 0.25) is 0 Å². The van der Waals surface area contributed by atoms with Crippen LogP contribution in [0.4, 0.5) is 0 Å². The summed E-state index contributed by atoms with van der Waals surface area (Å²) in [5.41, 5.74) is 1.43. The summed E-state index contributed by atoms with van der Waals surface area (Å²) in [5, 5.41) is 3.46.